The molecule has 1 aliphatic rings. The van der Waals surface area contributed by atoms with Crippen LogP contribution in [-0.2, 0) is 16.6 Å². The molecule has 0 amide bonds. The van der Waals surface area contributed by atoms with Crippen LogP contribution in [0, 0.1) is 12.3 Å². The van der Waals surface area contributed by atoms with Crippen LogP contribution in [0.5, 0.6) is 0 Å². The molecule has 2 rings (SSSR count). The molecular weight excluding hydrogens is 282 g/mol. The Labute approximate surface area is 118 Å². The molecule has 1 saturated carbocycles. The third-order valence-corrected chi connectivity index (χ3v) is 6.44. The van der Waals surface area contributed by atoms with Crippen LogP contribution in [0.3, 0.4) is 0 Å². The Hall–Kier alpha value is -0.430. The van der Waals surface area contributed by atoms with Crippen molar-refractivity contribution in [3.63, 3.8) is 0 Å². The number of hydrogen-bond acceptors (Lipinski definition) is 4. The van der Waals surface area contributed by atoms with E-state index in [0.717, 1.165) is 30.6 Å². The maximum atomic E-state index is 12.3. The van der Waals surface area contributed by atoms with Crippen LogP contribution < -0.4 is 4.72 Å². The molecule has 2 N–H and O–H groups in total. The van der Waals surface area contributed by atoms with E-state index in [1.54, 1.807) is 13.0 Å². The van der Waals surface area contributed by atoms with Crippen molar-refractivity contribution in [2.24, 2.45) is 5.41 Å². The topological polar surface area (TPSA) is 66.4 Å². The summed E-state index contributed by atoms with van der Waals surface area (Å²) in [5, 5.41) is 9.08. The van der Waals surface area contributed by atoms with Crippen molar-refractivity contribution in [3.8, 4) is 0 Å². The van der Waals surface area contributed by atoms with Crippen LogP contribution in [0.4, 0.5) is 0 Å². The lowest BCUT2D eigenvalue weighted by Gasteiger charge is -2.14. The molecule has 0 aromatic carbocycles. The Balaban J connectivity index is 2.08. The van der Waals surface area contributed by atoms with Gasteiger partial charge in [-0.1, -0.05) is 13.3 Å². The number of nitrogens with one attached hydrogen (secondary N) is 1. The maximum Gasteiger partial charge on any atom is 0.241 e. The number of aryl methyl sites for hydroxylation is 1. The highest BCUT2D eigenvalue weighted by Crippen LogP contribution is 2.49. The number of hydrogen-bond donors (Lipinski definition) is 2. The fourth-order valence-corrected chi connectivity index (χ4v) is 5.07. The molecule has 1 aromatic heterocycles. The van der Waals surface area contributed by atoms with Crippen molar-refractivity contribution in [1.82, 2.24) is 4.72 Å². The van der Waals surface area contributed by atoms with Crippen LogP contribution in [0.2, 0.25) is 0 Å². The van der Waals surface area contributed by atoms with E-state index in [1.807, 2.05) is 0 Å². The summed E-state index contributed by atoms with van der Waals surface area (Å²) in [6.07, 6.45) is 4.41. The van der Waals surface area contributed by atoms with Crippen LogP contribution >= 0.6 is 11.3 Å². The first-order chi connectivity index (χ1) is 8.92. The predicted molar refractivity (Wildman–Crippen MR) is 76.7 cm³/mol. The lowest BCUT2D eigenvalue weighted by atomic mass is 10.0. The van der Waals surface area contributed by atoms with Gasteiger partial charge in [0.25, 0.3) is 0 Å². The standard InChI is InChI=1S/C13H21NO3S2/c1-3-4-13(5-6-13)9-14-19(16,17)12-7-11(8-15)18-10(12)2/h7,14-15H,3-6,8-9H2,1-2H3. The second kappa shape index (κ2) is 5.52. The van der Waals surface area contributed by atoms with E-state index >= 15 is 0 Å². The average molecular weight is 303 g/mol. The molecule has 4 nitrogen and oxygen atoms in total. The SMILES string of the molecule is CCCC1(CNS(=O)(=O)c2cc(CO)sc2C)CC1. The molecule has 0 spiro atoms. The molecule has 1 heterocycles. The Bertz CT molecular complexity index is 544. The van der Waals surface area contributed by atoms with Gasteiger partial charge < -0.3 is 5.11 Å². The van der Waals surface area contributed by atoms with Crippen molar-refractivity contribution < 1.29 is 13.5 Å². The lowest BCUT2D eigenvalue weighted by molar-refractivity contribution is 0.285. The molecule has 1 aliphatic carbocycles. The molecule has 0 radical (unpaired) electrons. The second-order valence-electron chi connectivity index (χ2n) is 5.37. The zero-order valence-corrected chi connectivity index (χ0v) is 13.0. The average Bonchev–Trinajstić information content (AvgIpc) is 3.01. The van der Waals surface area contributed by atoms with Gasteiger partial charge in [-0.25, -0.2) is 13.1 Å². The quantitative estimate of drug-likeness (QED) is 0.813. The summed E-state index contributed by atoms with van der Waals surface area (Å²) in [5.74, 6) is 0. The van der Waals surface area contributed by atoms with Crippen molar-refractivity contribution in [2.45, 2.75) is 51.0 Å². The summed E-state index contributed by atoms with van der Waals surface area (Å²) >= 11 is 1.33. The number of aliphatic hydroxyl groups is 1. The van der Waals surface area contributed by atoms with Crippen LogP contribution in [0.1, 0.15) is 42.4 Å². The fraction of sp³-hybridized carbons (Fsp3) is 0.692. The van der Waals surface area contributed by atoms with Gasteiger partial charge >= 0.3 is 0 Å². The smallest absolute Gasteiger partial charge is 0.241 e. The molecule has 0 aliphatic heterocycles. The van der Waals surface area contributed by atoms with Gasteiger partial charge in [0.15, 0.2) is 0 Å². The molecule has 0 atom stereocenters. The minimum Gasteiger partial charge on any atom is -0.391 e. The molecule has 19 heavy (non-hydrogen) atoms. The van der Waals surface area contributed by atoms with E-state index in [-0.39, 0.29) is 12.0 Å². The van der Waals surface area contributed by atoms with Crippen LogP contribution in [0.15, 0.2) is 11.0 Å². The van der Waals surface area contributed by atoms with Gasteiger partial charge in [0.1, 0.15) is 0 Å². The van der Waals surface area contributed by atoms with E-state index in [9.17, 15) is 8.42 Å². The number of sulfonamides is 1. The van der Waals surface area contributed by atoms with Crippen LogP contribution in [0.25, 0.3) is 0 Å². The normalized spacial score (nSPS) is 17.6. The van der Waals surface area contributed by atoms with E-state index in [1.165, 1.54) is 11.3 Å². The molecule has 0 saturated heterocycles. The Morgan fingerprint density at radius 1 is 1.47 bits per heavy atom. The van der Waals surface area contributed by atoms with Gasteiger partial charge in [-0.2, -0.15) is 0 Å². The van der Waals surface area contributed by atoms with Gasteiger partial charge in [0, 0.05) is 16.3 Å². The zero-order valence-electron chi connectivity index (χ0n) is 11.4. The van der Waals surface area contributed by atoms with Crippen molar-refractivity contribution in [3.05, 3.63) is 15.8 Å². The summed E-state index contributed by atoms with van der Waals surface area (Å²) in [6.45, 7) is 4.33. The van der Waals surface area contributed by atoms with Gasteiger partial charge in [-0.3, -0.25) is 0 Å². The predicted octanol–water partition coefficient (Wildman–Crippen LogP) is 2.41. The summed E-state index contributed by atoms with van der Waals surface area (Å²) in [4.78, 5) is 1.73. The Morgan fingerprint density at radius 3 is 2.63 bits per heavy atom. The molecule has 6 heteroatoms. The van der Waals surface area contributed by atoms with Gasteiger partial charge in [0.2, 0.25) is 10.0 Å². The summed E-state index contributed by atoms with van der Waals surface area (Å²) in [5.41, 5.74) is 0.200. The van der Waals surface area contributed by atoms with Crippen molar-refractivity contribution in [1.29, 1.82) is 0 Å². The minimum absolute atomic E-state index is 0.110. The number of thiophene rings is 1. The second-order valence-corrected chi connectivity index (χ2v) is 8.44. The van der Waals surface area contributed by atoms with E-state index in [2.05, 4.69) is 11.6 Å². The van der Waals surface area contributed by atoms with E-state index < -0.39 is 10.0 Å². The third-order valence-electron chi connectivity index (χ3n) is 3.74. The van der Waals surface area contributed by atoms with E-state index in [0.29, 0.717) is 16.3 Å². The lowest BCUT2D eigenvalue weighted by Crippen LogP contribution is -2.30. The molecule has 1 aromatic rings. The van der Waals surface area contributed by atoms with Gasteiger partial charge in [0.05, 0.1) is 11.5 Å². The highest BCUT2D eigenvalue weighted by atomic mass is 32.2. The molecule has 1 fully saturated rings. The first kappa shape index (κ1) is 15.0. The number of aliphatic hydroxyl groups excluding tert-OH is 1. The minimum atomic E-state index is -3.44. The summed E-state index contributed by atoms with van der Waals surface area (Å²) in [6, 6.07) is 1.57. The molecule has 108 valence electrons. The largest absolute Gasteiger partial charge is 0.391 e. The zero-order chi connectivity index (χ0) is 14.1. The van der Waals surface area contributed by atoms with Gasteiger partial charge in [-0.15, -0.1) is 11.3 Å². The maximum absolute atomic E-state index is 12.3. The highest BCUT2D eigenvalue weighted by molar-refractivity contribution is 7.89. The summed E-state index contributed by atoms with van der Waals surface area (Å²) < 4.78 is 27.3. The first-order valence-electron chi connectivity index (χ1n) is 6.62. The highest BCUT2D eigenvalue weighted by Gasteiger charge is 2.42. The Morgan fingerprint density at radius 2 is 2.16 bits per heavy atom. The monoisotopic (exact) mass is 303 g/mol. The molecule has 0 bridgehead atoms. The third kappa shape index (κ3) is 3.37. The molecular formula is C13H21NO3S2. The summed E-state index contributed by atoms with van der Waals surface area (Å²) in [7, 11) is -3.44. The van der Waals surface area contributed by atoms with E-state index in [4.69, 9.17) is 5.11 Å². The fourth-order valence-electron chi connectivity index (χ4n) is 2.42. The molecule has 0 unspecified atom stereocenters. The van der Waals surface area contributed by atoms with Gasteiger partial charge in [-0.05, 0) is 37.7 Å². The first-order valence-corrected chi connectivity index (χ1v) is 8.92. The van der Waals surface area contributed by atoms with Crippen LogP contribution in [-0.4, -0.2) is 20.1 Å². The Kier molecular flexibility index (Phi) is 4.35. The number of rotatable bonds is 7. The van der Waals surface area contributed by atoms with Crippen molar-refractivity contribution in [2.75, 3.05) is 6.54 Å². The van der Waals surface area contributed by atoms with Crippen molar-refractivity contribution >= 4 is 21.4 Å².